The van der Waals surface area contributed by atoms with Gasteiger partial charge >= 0.3 is 6.03 Å². The summed E-state index contributed by atoms with van der Waals surface area (Å²) >= 11 is 1.46. The monoisotopic (exact) mass is 391 g/mol. The van der Waals surface area contributed by atoms with Crippen molar-refractivity contribution in [3.63, 3.8) is 0 Å². The van der Waals surface area contributed by atoms with Gasteiger partial charge in [0, 0.05) is 0 Å². The number of nitrogens with one attached hydrogen (secondary N) is 2. The maximum Gasteiger partial charge on any atom is 0.329 e. The molecule has 27 heavy (non-hydrogen) atoms. The van der Waals surface area contributed by atoms with Crippen LogP contribution in [-0.2, 0) is 4.79 Å². The van der Waals surface area contributed by atoms with Crippen molar-refractivity contribution in [3.8, 4) is 0 Å². The van der Waals surface area contributed by atoms with Crippen LogP contribution in [0.2, 0.25) is 0 Å². The summed E-state index contributed by atoms with van der Waals surface area (Å²) in [4.78, 5) is 43.1. The van der Waals surface area contributed by atoms with Crippen molar-refractivity contribution in [1.29, 1.82) is 0 Å². The fourth-order valence-corrected chi connectivity index (χ4v) is 5.07. The van der Waals surface area contributed by atoms with Gasteiger partial charge in [-0.2, -0.15) is 0 Å². The van der Waals surface area contributed by atoms with Crippen LogP contribution in [0.4, 0.5) is 4.79 Å². The van der Waals surface area contributed by atoms with Gasteiger partial charge in [-0.1, -0.05) is 13.0 Å². The van der Waals surface area contributed by atoms with Gasteiger partial charge in [0.05, 0.1) is 31.1 Å². The van der Waals surface area contributed by atoms with Gasteiger partial charge in [-0.3, -0.25) is 9.59 Å². The molecule has 4 amide bonds. The van der Waals surface area contributed by atoms with Crippen molar-refractivity contribution >= 4 is 29.2 Å². The minimum atomic E-state index is -0.667. The van der Waals surface area contributed by atoms with Gasteiger partial charge in [-0.05, 0) is 43.0 Å². The highest BCUT2D eigenvalue weighted by atomic mass is 32.1. The summed E-state index contributed by atoms with van der Waals surface area (Å²) < 4.78 is 0. The summed E-state index contributed by atoms with van der Waals surface area (Å²) in [7, 11) is 0. The number of hydrogen-bond acceptors (Lipinski definition) is 4. The second kappa shape index (κ2) is 7.24. The summed E-state index contributed by atoms with van der Waals surface area (Å²) in [6.07, 6.45) is 3.45. The summed E-state index contributed by atoms with van der Waals surface area (Å²) in [5.41, 5.74) is -0.667. The minimum absolute atomic E-state index is 0.0519. The first-order valence-corrected chi connectivity index (χ1v) is 10.7. The molecule has 7 nitrogen and oxygen atoms in total. The first-order valence-electron chi connectivity index (χ1n) is 9.79. The number of urea groups is 1. The Morgan fingerprint density at radius 2 is 2.00 bits per heavy atom. The van der Waals surface area contributed by atoms with Crippen molar-refractivity contribution < 1.29 is 19.3 Å². The SMILES string of the molecule is CC1CCC2(CC1)NC(=O)N(C[NH+]1CCN(C(=O)c3cccs3)CC1)C2=O. The topological polar surface area (TPSA) is 74.2 Å². The Labute approximate surface area is 163 Å². The van der Waals surface area contributed by atoms with Crippen LogP contribution in [0.5, 0.6) is 0 Å². The van der Waals surface area contributed by atoms with E-state index in [1.54, 1.807) is 0 Å². The van der Waals surface area contributed by atoms with Crippen LogP contribution in [0.3, 0.4) is 0 Å². The molecule has 146 valence electrons. The van der Waals surface area contributed by atoms with Gasteiger partial charge < -0.3 is 15.1 Å². The molecule has 0 bridgehead atoms. The van der Waals surface area contributed by atoms with Crippen molar-refractivity contribution in [1.82, 2.24) is 15.1 Å². The van der Waals surface area contributed by atoms with Crippen LogP contribution in [-0.4, -0.2) is 66.0 Å². The van der Waals surface area contributed by atoms with E-state index in [2.05, 4.69) is 12.2 Å². The molecule has 0 unspecified atom stereocenters. The van der Waals surface area contributed by atoms with Crippen molar-refractivity contribution in [2.24, 2.45) is 5.92 Å². The van der Waals surface area contributed by atoms with Crippen LogP contribution in [0.15, 0.2) is 17.5 Å². The van der Waals surface area contributed by atoms with Gasteiger partial charge in [0.25, 0.3) is 11.8 Å². The lowest BCUT2D eigenvalue weighted by molar-refractivity contribution is -0.911. The highest BCUT2D eigenvalue weighted by Gasteiger charge is 2.53. The van der Waals surface area contributed by atoms with Crippen molar-refractivity contribution in [2.45, 2.75) is 38.1 Å². The fourth-order valence-electron chi connectivity index (χ4n) is 4.38. The van der Waals surface area contributed by atoms with E-state index in [9.17, 15) is 14.4 Å². The van der Waals surface area contributed by atoms with Crippen LogP contribution in [0.1, 0.15) is 42.3 Å². The Hall–Kier alpha value is -1.93. The Kier molecular flexibility index (Phi) is 4.94. The number of carbonyl (C=O) groups excluding carboxylic acids is 3. The third kappa shape index (κ3) is 3.48. The molecule has 1 aromatic rings. The molecular weight excluding hydrogens is 364 g/mol. The molecule has 0 atom stereocenters. The number of nitrogens with zero attached hydrogens (tertiary/aromatic N) is 2. The van der Waals surface area contributed by atoms with Crippen molar-refractivity contribution in [2.75, 3.05) is 32.8 Å². The van der Waals surface area contributed by atoms with Crippen LogP contribution < -0.4 is 10.2 Å². The molecule has 1 spiro atoms. The smallest absolute Gasteiger partial charge is 0.327 e. The van der Waals surface area contributed by atoms with Crippen LogP contribution in [0.25, 0.3) is 0 Å². The molecule has 2 N–H and O–H groups in total. The van der Waals surface area contributed by atoms with Gasteiger partial charge in [-0.25, -0.2) is 9.69 Å². The summed E-state index contributed by atoms with van der Waals surface area (Å²) in [5, 5.41) is 4.90. The zero-order valence-electron chi connectivity index (χ0n) is 15.7. The van der Waals surface area contributed by atoms with E-state index in [1.807, 2.05) is 22.4 Å². The second-order valence-corrected chi connectivity index (χ2v) is 9.05. The van der Waals surface area contributed by atoms with Gasteiger partial charge in [0.1, 0.15) is 5.54 Å². The lowest BCUT2D eigenvalue weighted by Crippen LogP contribution is -3.16. The van der Waals surface area contributed by atoms with Gasteiger partial charge in [-0.15, -0.1) is 11.3 Å². The first kappa shape index (κ1) is 18.4. The zero-order valence-corrected chi connectivity index (χ0v) is 16.5. The first-order chi connectivity index (χ1) is 13.0. The quantitative estimate of drug-likeness (QED) is 0.739. The van der Waals surface area contributed by atoms with E-state index in [0.717, 1.165) is 43.6 Å². The minimum Gasteiger partial charge on any atom is -0.327 e. The average molecular weight is 392 g/mol. The van der Waals surface area contributed by atoms with E-state index in [0.29, 0.717) is 25.7 Å². The lowest BCUT2D eigenvalue weighted by atomic mass is 9.77. The average Bonchev–Trinajstić information content (AvgIpc) is 3.28. The number of quaternary nitrogens is 1. The van der Waals surface area contributed by atoms with E-state index >= 15 is 0 Å². The molecule has 1 aliphatic carbocycles. The van der Waals surface area contributed by atoms with Crippen LogP contribution in [0, 0.1) is 5.92 Å². The largest absolute Gasteiger partial charge is 0.329 e. The van der Waals surface area contributed by atoms with Crippen molar-refractivity contribution in [3.05, 3.63) is 22.4 Å². The Morgan fingerprint density at radius 3 is 2.63 bits per heavy atom. The highest BCUT2D eigenvalue weighted by Crippen LogP contribution is 2.35. The van der Waals surface area contributed by atoms with E-state index in [1.165, 1.54) is 21.1 Å². The van der Waals surface area contributed by atoms with Gasteiger partial charge in [0.2, 0.25) is 0 Å². The number of thiophene rings is 1. The van der Waals surface area contributed by atoms with E-state index in [-0.39, 0.29) is 17.8 Å². The number of imide groups is 1. The molecule has 8 heteroatoms. The highest BCUT2D eigenvalue weighted by molar-refractivity contribution is 7.12. The lowest BCUT2D eigenvalue weighted by Gasteiger charge is -2.35. The molecule has 1 aromatic heterocycles. The number of piperazine rings is 1. The number of amides is 4. The molecule has 0 aromatic carbocycles. The molecule has 4 rings (SSSR count). The molecule has 3 heterocycles. The molecule has 3 fully saturated rings. The van der Waals surface area contributed by atoms with E-state index < -0.39 is 5.54 Å². The summed E-state index contributed by atoms with van der Waals surface area (Å²) in [5.74, 6) is 0.646. The normalized spacial score (nSPS) is 29.4. The molecule has 2 aliphatic heterocycles. The zero-order chi connectivity index (χ0) is 19.0. The standard InChI is InChI=1S/C19H26N4O3S/c1-14-4-6-19(7-5-14)17(25)23(18(26)20-19)13-21-8-10-22(11-9-21)16(24)15-3-2-12-27-15/h2-3,12,14H,4-11,13H2,1H3,(H,20,26)/p+1. The molecular formula is C19H27N4O3S+. The Balaban J connectivity index is 1.33. The second-order valence-electron chi connectivity index (χ2n) is 8.11. The molecule has 0 radical (unpaired) electrons. The Morgan fingerprint density at radius 1 is 1.30 bits per heavy atom. The third-order valence-electron chi connectivity index (χ3n) is 6.25. The maximum absolute atomic E-state index is 13.0. The summed E-state index contributed by atoms with van der Waals surface area (Å²) in [6.45, 7) is 5.39. The predicted octanol–water partition coefficient (Wildman–Crippen LogP) is 0.547. The van der Waals surface area contributed by atoms with Gasteiger partial charge in [0.15, 0.2) is 6.67 Å². The maximum atomic E-state index is 13.0. The molecule has 3 aliphatic rings. The third-order valence-corrected chi connectivity index (χ3v) is 7.10. The fraction of sp³-hybridized carbons (Fsp3) is 0.632. The predicted molar refractivity (Wildman–Crippen MR) is 102 cm³/mol. The molecule has 2 saturated heterocycles. The number of hydrogen-bond donors (Lipinski definition) is 2. The van der Waals surface area contributed by atoms with E-state index in [4.69, 9.17) is 0 Å². The molecule has 1 saturated carbocycles. The summed E-state index contributed by atoms with van der Waals surface area (Å²) in [6, 6.07) is 3.49. The Bertz CT molecular complexity index is 719. The number of rotatable bonds is 3. The van der Waals surface area contributed by atoms with Crippen LogP contribution >= 0.6 is 11.3 Å². The number of carbonyl (C=O) groups is 3.